The smallest absolute Gasteiger partial charge is 0.271 e. The Bertz CT molecular complexity index is 987. The minimum atomic E-state index is -0.202. The van der Waals surface area contributed by atoms with Crippen LogP contribution >= 0.6 is 11.6 Å². The van der Waals surface area contributed by atoms with Gasteiger partial charge in [0.15, 0.2) is 11.5 Å². The van der Waals surface area contributed by atoms with Crippen molar-refractivity contribution in [2.75, 3.05) is 6.54 Å². The first-order valence-electron chi connectivity index (χ1n) is 9.31. The Balaban J connectivity index is 1.66. The van der Waals surface area contributed by atoms with Crippen LogP contribution in [0.15, 0.2) is 53.2 Å². The second kappa shape index (κ2) is 8.93. The summed E-state index contributed by atoms with van der Waals surface area (Å²) in [5.41, 5.74) is 4.61. The molecule has 146 valence electrons. The summed E-state index contributed by atoms with van der Waals surface area (Å²) < 4.78 is 7.04. The van der Waals surface area contributed by atoms with E-state index >= 15 is 0 Å². The molecule has 5 nitrogen and oxygen atoms in total. The standard InChI is InChI=1S/C22H24ClN3O2/c1-4-6-16(18-13-17(23)9-8-15(18)2)10-11-24-22(27)19-14-20(26(3)25-19)21-7-5-12-28-21/h5-9,12-14H,4,10-11H2,1-3H3,(H,24,27)/b16-6-. The number of hydrogen-bond donors (Lipinski definition) is 1. The third-order valence-electron chi connectivity index (χ3n) is 4.56. The Morgan fingerprint density at radius 3 is 2.86 bits per heavy atom. The molecule has 2 heterocycles. The maximum absolute atomic E-state index is 12.5. The number of benzene rings is 1. The average Bonchev–Trinajstić information content (AvgIpc) is 3.32. The molecule has 1 N–H and O–H groups in total. The fraction of sp³-hybridized carbons (Fsp3) is 0.273. The topological polar surface area (TPSA) is 60.1 Å². The normalized spacial score (nSPS) is 11.6. The van der Waals surface area contributed by atoms with Crippen molar-refractivity contribution < 1.29 is 9.21 Å². The van der Waals surface area contributed by atoms with Gasteiger partial charge in [0.25, 0.3) is 5.91 Å². The second-order valence-corrected chi connectivity index (χ2v) is 7.05. The predicted octanol–water partition coefficient (Wildman–Crippen LogP) is 5.26. The maximum Gasteiger partial charge on any atom is 0.271 e. The molecule has 0 spiro atoms. The number of nitrogens with one attached hydrogen (secondary N) is 1. The number of carbonyl (C=O) groups is 1. The molecule has 0 saturated carbocycles. The van der Waals surface area contributed by atoms with Crippen LogP contribution in [-0.4, -0.2) is 22.2 Å². The zero-order valence-corrected chi connectivity index (χ0v) is 17.1. The molecule has 6 heteroatoms. The number of nitrogens with zero attached hydrogens (tertiary/aromatic N) is 2. The molecule has 2 aromatic heterocycles. The van der Waals surface area contributed by atoms with Gasteiger partial charge in [0.2, 0.25) is 0 Å². The van der Waals surface area contributed by atoms with E-state index in [1.807, 2.05) is 30.3 Å². The van der Waals surface area contributed by atoms with Gasteiger partial charge in [-0.15, -0.1) is 0 Å². The van der Waals surface area contributed by atoms with E-state index in [2.05, 4.69) is 30.3 Å². The number of carbonyl (C=O) groups excluding carboxylic acids is 1. The van der Waals surface area contributed by atoms with Gasteiger partial charge in [0, 0.05) is 24.7 Å². The number of aromatic nitrogens is 2. The second-order valence-electron chi connectivity index (χ2n) is 6.62. The molecule has 28 heavy (non-hydrogen) atoms. The molecular formula is C22H24ClN3O2. The van der Waals surface area contributed by atoms with Crippen LogP contribution < -0.4 is 5.32 Å². The summed E-state index contributed by atoms with van der Waals surface area (Å²) in [6.07, 6.45) is 5.42. The lowest BCUT2D eigenvalue weighted by molar-refractivity contribution is 0.0949. The van der Waals surface area contributed by atoms with Crippen molar-refractivity contribution in [3.05, 3.63) is 70.6 Å². The Morgan fingerprint density at radius 2 is 2.14 bits per heavy atom. The molecular weight excluding hydrogens is 374 g/mol. The van der Waals surface area contributed by atoms with Crippen LogP contribution in [0.1, 0.15) is 41.4 Å². The molecule has 0 radical (unpaired) electrons. The zero-order chi connectivity index (χ0) is 20.1. The van der Waals surface area contributed by atoms with E-state index in [0.717, 1.165) is 24.1 Å². The first-order valence-corrected chi connectivity index (χ1v) is 9.69. The highest BCUT2D eigenvalue weighted by atomic mass is 35.5. The third-order valence-corrected chi connectivity index (χ3v) is 4.80. The van der Waals surface area contributed by atoms with E-state index in [1.165, 1.54) is 11.1 Å². The summed E-state index contributed by atoms with van der Waals surface area (Å²) in [5.74, 6) is 0.478. The van der Waals surface area contributed by atoms with E-state index in [4.69, 9.17) is 16.0 Å². The molecule has 0 saturated heterocycles. The number of rotatable bonds is 7. The average molecular weight is 398 g/mol. The lowest BCUT2D eigenvalue weighted by Crippen LogP contribution is -2.25. The molecule has 3 rings (SSSR count). The van der Waals surface area contributed by atoms with Gasteiger partial charge in [-0.3, -0.25) is 9.48 Å². The van der Waals surface area contributed by atoms with Gasteiger partial charge in [-0.1, -0.05) is 30.7 Å². The van der Waals surface area contributed by atoms with Crippen molar-refractivity contribution in [3.63, 3.8) is 0 Å². The summed E-state index contributed by atoms with van der Waals surface area (Å²) in [6.45, 7) is 4.68. The van der Waals surface area contributed by atoms with Gasteiger partial charge >= 0.3 is 0 Å². The van der Waals surface area contributed by atoms with Gasteiger partial charge in [-0.25, -0.2) is 0 Å². The molecule has 1 aromatic carbocycles. The SMILES string of the molecule is CC/C=C(/CCNC(=O)c1cc(-c2ccco2)n(C)n1)c1cc(Cl)ccc1C. The Hall–Kier alpha value is -2.79. The van der Waals surface area contributed by atoms with Crippen LogP contribution in [0.2, 0.25) is 5.02 Å². The van der Waals surface area contributed by atoms with Crippen molar-refractivity contribution in [2.45, 2.75) is 26.7 Å². The Labute approximate surface area is 170 Å². The van der Waals surface area contributed by atoms with Crippen molar-refractivity contribution in [1.29, 1.82) is 0 Å². The van der Waals surface area contributed by atoms with Crippen molar-refractivity contribution in [3.8, 4) is 11.5 Å². The highest BCUT2D eigenvalue weighted by molar-refractivity contribution is 6.30. The number of allylic oxidation sites excluding steroid dienone is 1. The summed E-state index contributed by atoms with van der Waals surface area (Å²) >= 11 is 6.17. The first-order chi connectivity index (χ1) is 13.5. The highest BCUT2D eigenvalue weighted by Gasteiger charge is 2.15. The van der Waals surface area contributed by atoms with E-state index < -0.39 is 0 Å². The molecule has 0 unspecified atom stereocenters. The van der Waals surface area contributed by atoms with Crippen LogP contribution in [0.3, 0.4) is 0 Å². The summed E-state index contributed by atoms with van der Waals surface area (Å²) in [7, 11) is 1.79. The zero-order valence-electron chi connectivity index (χ0n) is 16.3. The predicted molar refractivity (Wildman–Crippen MR) is 112 cm³/mol. The minimum absolute atomic E-state index is 0.202. The van der Waals surface area contributed by atoms with Crippen molar-refractivity contribution >= 4 is 23.1 Å². The summed E-state index contributed by atoms with van der Waals surface area (Å²) in [6, 6.07) is 11.3. The van der Waals surface area contributed by atoms with Gasteiger partial charge in [-0.05, 0) is 60.7 Å². The number of halogens is 1. The Kier molecular flexibility index (Phi) is 6.37. The van der Waals surface area contributed by atoms with Crippen LogP contribution in [0, 0.1) is 6.92 Å². The van der Waals surface area contributed by atoms with Crippen LogP contribution in [0.4, 0.5) is 0 Å². The molecule has 0 bridgehead atoms. The molecule has 0 fully saturated rings. The van der Waals surface area contributed by atoms with E-state index in [0.29, 0.717) is 23.0 Å². The van der Waals surface area contributed by atoms with Crippen molar-refractivity contribution in [1.82, 2.24) is 15.1 Å². The molecule has 0 aliphatic rings. The maximum atomic E-state index is 12.5. The van der Waals surface area contributed by atoms with Gasteiger partial charge in [0.1, 0.15) is 5.69 Å². The molecule has 0 aliphatic carbocycles. The monoisotopic (exact) mass is 397 g/mol. The van der Waals surface area contributed by atoms with Gasteiger partial charge in [-0.2, -0.15) is 5.10 Å². The fourth-order valence-electron chi connectivity index (χ4n) is 3.17. The van der Waals surface area contributed by atoms with Gasteiger partial charge < -0.3 is 9.73 Å². The van der Waals surface area contributed by atoms with E-state index in [-0.39, 0.29) is 5.91 Å². The molecule has 3 aromatic rings. The highest BCUT2D eigenvalue weighted by Crippen LogP contribution is 2.26. The number of furan rings is 1. The third kappa shape index (κ3) is 4.54. The van der Waals surface area contributed by atoms with Gasteiger partial charge in [0.05, 0.1) is 6.26 Å². The fourth-order valence-corrected chi connectivity index (χ4v) is 3.34. The number of hydrogen-bond acceptors (Lipinski definition) is 3. The minimum Gasteiger partial charge on any atom is -0.463 e. The first kappa shape index (κ1) is 20.0. The molecule has 1 amide bonds. The lowest BCUT2D eigenvalue weighted by Gasteiger charge is -2.12. The summed E-state index contributed by atoms with van der Waals surface area (Å²) in [4.78, 5) is 12.5. The van der Waals surface area contributed by atoms with E-state index in [1.54, 1.807) is 24.1 Å². The Morgan fingerprint density at radius 1 is 1.32 bits per heavy atom. The van der Waals surface area contributed by atoms with Crippen LogP contribution in [-0.2, 0) is 7.05 Å². The summed E-state index contributed by atoms with van der Waals surface area (Å²) in [5, 5.41) is 7.97. The van der Waals surface area contributed by atoms with Crippen molar-refractivity contribution in [2.24, 2.45) is 7.05 Å². The van der Waals surface area contributed by atoms with Crippen LogP contribution in [0.5, 0.6) is 0 Å². The number of aryl methyl sites for hydroxylation is 2. The van der Waals surface area contributed by atoms with E-state index in [9.17, 15) is 4.79 Å². The molecule has 0 atom stereocenters. The largest absolute Gasteiger partial charge is 0.463 e. The quantitative estimate of drug-likeness (QED) is 0.591. The van der Waals surface area contributed by atoms with Crippen LogP contribution in [0.25, 0.3) is 17.0 Å². The number of amides is 1. The molecule has 0 aliphatic heterocycles. The lowest BCUT2D eigenvalue weighted by atomic mass is 9.97.